The summed E-state index contributed by atoms with van der Waals surface area (Å²) in [6, 6.07) is 5.09. The highest BCUT2D eigenvalue weighted by molar-refractivity contribution is 6.30. The van der Waals surface area contributed by atoms with Gasteiger partial charge in [0.25, 0.3) is 5.91 Å². The Labute approximate surface area is 117 Å². The van der Waals surface area contributed by atoms with Crippen LogP contribution in [0.25, 0.3) is 0 Å². The Morgan fingerprint density at radius 1 is 1.50 bits per heavy atom. The fourth-order valence-electron chi connectivity index (χ4n) is 1.28. The largest absolute Gasteiger partial charge is 0.483 e. The molecule has 0 aliphatic rings. The van der Waals surface area contributed by atoms with E-state index < -0.39 is 5.91 Å². The predicted octanol–water partition coefficient (Wildman–Crippen LogP) is 0.708. The molecule has 1 rings (SSSR count). The average molecular weight is 295 g/mol. The maximum atomic E-state index is 10.6. The molecule has 1 aromatic carbocycles. The van der Waals surface area contributed by atoms with E-state index in [4.69, 9.17) is 27.2 Å². The van der Waals surface area contributed by atoms with Gasteiger partial charge in [-0.2, -0.15) is 0 Å². The molecule has 4 N–H and O–H groups in total. The molecule has 1 aromatic rings. The fraction of sp³-hybridized carbons (Fsp3) is 0.364. The van der Waals surface area contributed by atoms with Gasteiger partial charge in [-0.15, -0.1) is 12.4 Å². The summed E-state index contributed by atoms with van der Waals surface area (Å²) in [7, 11) is 0. The third kappa shape index (κ3) is 6.07. The van der Waals surface area contributed by atoms with E-state index in [2.05, 4.69) is 5.32 Å². The van der Waals surface area contributed by atoms with Gasteiger partial charge in [0.15, 0.2) is 6.61 Å². The van der Waals surface area contributed by atoms with Crippen molar-refractivity contribution in [3.8, 4) is 5.75 Å². The van der Waals surface area contributed by atoms with Gasteiger partial charge in [-0.1, -0.05) is 11.6 Å². The lowest BCUT2D eigenvalue weighted by Gasteiger charge is -2.11. The van der Waals surface area contributed by atoms with E-state index in [1.54, 1.807) is 18.2 Å². The minimum absolute atomic E-state index is 0. The summed E-state index contributed by atoms with van der Waals surface area (Å²) in [5.41, 5.74) is 5.82. The number of rotatable bonds is 7. The summed E-state index contributed by atoms with van der Waals surface area (Å²) in [4.78, 5) is 10.6. The van der Waals surface area contributed by atoms with Crippen LogP contribution in [0.5, 0.6) is 5.75 Å². The van der Waals surface area contributed by atoms with Crippen LogP contribution in [0, 0.1) is 0 Å². The molecule has 18 heavy (non-hydrogen) atoms. The minimum atomic E-state index is -0.533. The molecule has 0 unspecified atom stereocenters. The third-order valence-electron chi connectivity index (χ3n) is 2.00. The van der Waals surface area contributed by atoms with Crippen LogP contribution < -0.4 is 15.8 Å². The van der Waals surface area contributed by atoms with Crippen molar-refractivity contribution in [2.45, 2.75) is 6.54 Å². The van der Waals surface area contributed by atoms with Crippen LogP contribution >= 0.6 is 24.0 Å². The van der Waals surface area contributed by atoms with Crippen molar-refractivity contribution in [1.29, 1.82) is 0 Å². The lowest BCUT2D eigenvalue weighted by atomic mass is 10.2. The predicted molar refractivity (Wildman–Crippen MR) is 72.2 cm³/mol. The maximum absolute atomic E-state index is 10.6. The van der Waals surface area contributed by atoms with Gasteiger partial charge in [0.2, 0.25) is 0 Å². The van der Waals surface area contributed by atoms with Gasteiger partial charge in [0.1, 0.15) is 5.75 Å². The molecular weight excluding hydrogens is 279 g/mol. The van der Waals surface area contributed by atoms with E-state index >= 15 is 0 Å². The molecule has 0 radical (unpaired) electrons. The zero-order valence-electron chi connectivity index (χ0n) is 9.69. The molecule has 0 spiro atoms. The summed E-state index contributed by atoms with van der Waals surface area (Å²) in [6.45, 7) is 0.851. The van der Waals surface area contributed by atoms with Gasteiger partial charge in [-0.3, -0.25) is 4.79 Å². The molecule has 0 atom stereocenters. The first kappa shape index (κ1) is 17.0. The number of primary amides is 1. The van der Waals surface area contributed by atoms with Crippen molar-refractivity contribution in [3.63, 3.8) is 0 Å². The summed E-state index contributed by atoms with van der Waals surface area (Å²) >= 11 is 5.87. The first-order valence-corrected chi connectivity index (χ1v) is 5.52. The molecule has 7 heteroatoms. The van der Waals surface area contributed by atoms with Gasteiger partial charge < -0.3 is 20.9 Å². The quantitative estimate of drug-likeness (QED) is 0.647. The molecule has 0 aliphatic heterocycles. The Bertz CT molecular complexity index is 389. The van der Waals surface area contributed by atoms with E-state index in [-0.39, 0.29) is 25.6 Å². The second-order valence-electron chi connectivity index (χ2n) is 3.41. The molecule has 102 valence electrons. The number of halogens is 2. The molecule has 0 bridgehead atoms. The molecule has 1 amide bonds. The van der Waals surface area contributed by atoms with Crippen LogP contribution in [-0.4, -0.2) is 30.8 Å². The number of nitrogens with one attached hydrogen (secondary N) is 1. The molecule has 5 nitrogen and oxygen atoms in total. The molecule has 0 aromatic heterocycles. The first-order valence-electron chi connectivity index (χ1n) is 5.14. The van der Waals surface area contributed by atoms with Crippen molar-refractivity contribution >= 4 is 29.9 Å². The van der Waals surface area contributed by atoms with E-state index in [0.717, 1.165) is 5.56 Å². The number of hydrogen-bond acceptors (Lipinski definition) is 4. The van der Waals surface area contributed by atoms with Crippen molar-refractivity contribution in [1.82, 2.24) is 5.32 Å². The number of hydrogen-bond donors (Lipinski definition) is 3. The molecule has 0 saturated heterocycles. The lowest BCUT2D eigenvalue weighted by Crippen LogP contribution is -2.22. The number of amides is 1. The number of benzene rings is 1. The fourth-order valence-corrected chi connectivity index (χ4v) is 1.47. The van der Waals surface area contributed by atoms with Gasteiger partial charge in [0.05, 0.1) is 6.61 Å². The van der Waals surface area contributed by atoms with Crippen molar-refractivity contribution in [2.75, 3.05) is 19.8 Å². The van der Waals surface area contributed by atoms with Crippen molar-refractivity contribution < 1.29 is 14.6 Å². The first-order chi connectivity index (χ1) is 8.13. The molecule has 0 heterocycles. The minimum Gasteiger partial charge on any atom is -0.483 e. The summed E-state index contributed by atoms with van der Waals surface area (Å²) in [5.74, 6) is 0.0212. The summed E-state index contributed by atoms with van der Waals surface area (Å²) < 4.78 is 5.25. The Morgan fingerprint density at radius 2 is 2.22 bits per heavy atom. The van der Waals surface area contributed by atoms with Crippen LogP contribution in [-0.2, 0) is 11.3 Å². The summed E-state index contributed by atoms with van der Waals surface area (Å²) in [6.07, 6.45) is 0. The number of carbonyl (C=O) groups excluding carboxylic acids is 1. The van der Waals surface area contributed by atoms with E-state index in [9.17, 15) is 4.79 Å². The van der Waals surface area contributed by atoms with Crippen LogP contribution in [0.2, 0.25) is 5.02 Å². The third-order valence-corrected chi connectivity index (χ3v) is 2.23. The normalized spacial score (nSPS) is 9.67. The van der Waals surface area contributed by atoms with Gasteiger partial charge in [-0.25, -0.2) is 0 Å². The Kier molecular flexibility index (Phi) is 8.49. The summed E-state index contributed by atoms with van der Waals surface area (Å²) in [5, 5.41) is 12.2. The Morgan fingerprint density at radius 3 is 2.83 bits per heavy atom. The van der Waals surface area contributed by atoms with Crippen LogP contribution in [0.15, 0.2) is 18.2 Å². The lowest BCUT2D eigenvalue weighted by molar-refractivity contribution is -0.119. The second-order valence-corrected chi connectivity index (χ2v) is 3.84. The monoisotopic (exact) mass is 294 g/mol. The zero-order chi connectivity index (χ0) is 12.7. The van der Waals surface area contributed by atoms with Crippen LogP contribution in [0.4, 0.5) is 0 Å². The van der Waals surface area contributed by atoms with E-state index in [1.807, 2.05) is 0 Å². The maximum Gasteiger partial charge on any atom is 0.255 e. The molecular formula is C11H16Cl2N2O3. The van der Waals surface area contributed by atoms with E-state index in [1.165, 1.54) is 0 Å². The second kappa shape index (κ2) is 8.99. The van der Waals surface area contributed by atoms with Gasteiger partial charge in [0, 0.05) is 23.7 Å². The number of nitrogens with two attached hydrogens (primary N) is 1. The average Bonchev–Trinajstić information content (AvgIpc) is 2.28. The van der Waals surface area contributed by atoms with Gasteiger partial charge >= 0.3 is 0 Å². The zero-order valence-corrected chi connectivity index (χ0v) is 11.3. The molecule has 0 aliphatic carbocycles. The number of ether oxygens (including phenoxy) is 1. The van der Waals surface area contributed by atoms with Crippen molar-refractivity contribution in [3.05, 3.63) is 28.8 Å². The standard InChI is InChI=1S/C11H15ClN2O3.ClH/c12-9-1-2-10(17-7-11(13)16)8(5-9)6-14-3-4-15;/h1-2,5,14-15H,3-4,6-7H2,(H2,13,16);1H. The topological polar surface area (TPSA) is 84.6 Å². The highest BCUT2D eigenvalue weighted by atomic mass is 35.5. The Balaban J connectivity index is 0.00000289. The van der Waals surface area contributed by atoms with Crippen LogP contribution in [0.3, 0.4) is 0 Å². The smallest absolute Gasteiger partial charge is 0.255 e. The van der Waals surface area contributed by atoms with Crippen molar-refractivity contribution in [2.24, 2.45) is 5.73 Å². The number of aliphatic hydroxyl groups is 1. The highest BCUT2D eigenvalue weighted by Crippen LogP contribution is 2.22. The highest BCUT2D eigenvalue weighted by Gasteiger charge is 2.06. The number of carbonyl (C=O) groups is 1. The SMILES string of the molecule is Cl.NC(=O)COc1ccc(Cl)cc1CNCCO. The van der Waals surface area contributed by atoms with Crippen LogP contribution in [0.1, 0.15) is 5.56 Å². The van der Waals surface area contributed by atoms with E-state index in [0.29, 0.717) is 23.9 Å². The number of aliphatic hydroxyl groups excluding tert-OH is 1. The van der Waals surface area contributed by atoms with Gasteiger partial charge in [-0.05, 0) is 18.2 Å². The molecule has 0 fully saturated rings. The Hall–Kier alpha value is -1.01. The molecule has 0 saturated carbocycles.